The Bertz CT molecular complexity index is 57.8. The molecule has 37 valence electrons. The SMILES string of the molecule is O=P([O-])([O-])[O-].[Al+3].[V]. The van der Waals surface area contributed by atoms with Gasteiger partial charge >= 0.3 is 17.4 Å². The second kappa shape index (κ2) is 5.37. The van der Waals surface area contributed by atoms with E-state index in [-0.39, 0.29) is 35.9 Å². The molecule has 7 heteroatoms. The molecule has 0 aromatic rings. The molecule has 0 heterocycles. The third-order valence-electron chi connectivity index (χ3n) is 0. The van der Waals surface area contributed by atoms with E-state index in [9.17, 15) is 0 Å². The second-order valence-electron chi connectivity index (χ2n) is 0.447. The first-order valence-corrected chi connectivity index (χ1v) is 2.19. The van der Waals surface area contributed by atoms with Crippen LogP contribution in [0.1, 0.15) is 0 Å². The predicted octanol–water partition coefficient (Wildman–Crippen LogP) is -3.21. The van der Waals surface area contributed by atoms with E-state index in [1.807, 2.05) is 0 Å². The average Bonchev–Trinajstić information content (AvgIpc) is 0.722. The quantitative estimate of drug-likeness (QED) is 0.285. The van der Waals surface area contributed by atoms with Crippen LogP contribution in [0.4, 0.5) is 0 Å². The summed E-state index contributed by atoms with van der Waals surface area (Å²) < 4.78 is 8.55. The molecular weight excluding hydrogens is 173 g/mol. The zero-order valence-electron chi connectivity index (χ0n) is 3.10. The van der Waals surface area contributed by atoms with Crippen LogP contribution < -0.4 is 14.7 Å². The summed E-state index contributed by atoms with van der Waals surface area (Å²) >= 11 is 0. The van der Waals surface area contributed by atoms with Gasteiger partial charge in [0.2, 0.25) is 0 Å². The van der Waals surface area contributed by atoms with Crippen molar-refractivity contribution < 1.29 is 37.8 Å². The first-order valence-electron chi connectivity index (χ1n) is 0.730. The minimum absolute atomic E-state index is 0. The summed E-state index contributed by atoms with van der Waals surface area (Å²) in [4.78, 5) is 25.6. The molecular formula is AlO4PV. The van der Waals surface area contributed by atoms with Crippen molar-refractivity contribution in [3.63, 3.8) is 0 Å². The third-order valence-corrected chi connectivity index (χ3v) is 0. The van der Waals surface area contributed by atoms with Crippen molar-refractivity contribution in [1.29, 1.82) is 0 Å². The first-order chi connectivity index (χ1) is 2.00. The van der Waals surface area contributed by atoms with Crippen LogP contribution in [0.5, 0.6) is 0 Å². The Kier molecular flexibility index (Phi) is 12.1. The van der Waals surface area contributed by atoms with E-state index in [2.05, 4.69) is 0 Å². The van der Waals surface area contributed by atoms with Crippen molar-refractivity contribution in [2.75, 3.05) is 0 Å². The molecule has 7 heavy (non-hydrogen) atoms. The molecule has 0 saturated heterocycles. The van der Waals surface area contributed by atoms with E-state index in [0.717, 1.165) is 0 Å². The fraction of sp³-hybridized carbons (Fsp3) is 0. The molecule has 0 aliphatic carbocycles. The van der Waals surface area contributed by atoms with Crippen LogP contribution in [-0.4, -0.2) is 17.4 Å². The summed E-state index contributed by atoms with van der Waals surface area (Å²) in [5, 5.41) is 0. The van der Waals surface area contributed by atoms with Crippen molar-refractivity contribution in [2.45, 2.75) is 0 Å². The van der Waals surface area contributed by atoms with Gasteiger partial charge in [-0.25, -0.2) is 0 Å². The molecule has 0 aliphatic heterocycles. The Morgan fingerprint density at radius 1 is 1.14 bits per heavy atom. The van der Waals surface area contributed by atoms with Crippen LogP contribution in [0.2, 0.25) is 0 Å². The zero-order valence-corrected chi connectivity index (χ0v) is 6.55. The maximum Gasteiger partial charge on any atom is 3.00 e. The van der Waals surface area contributed by atoms with Gasteiger partial charge in [-0.3, -0.25) is 0 Å². The van der Waals surface area contributed by atoms with Crippen LogP contribution in [0.3, 0.4) is 0 Å². The molecule has 0 amide bonds. The van der Waals surface area contributed by atoms with Crippen molar-refractivity contribution in [3.05, 3.63) is 0 Å². The first kappa shape index (κ1) is 15.7. The normalized spacial score (nSPS) is 8.43. The molecule has 4 nitrogen and oxygen atoms in total. The molecule has 0 aliphatic rings. The molecule has 0 bridgehead atoms. The standard InChI is InChI=1S/Al.H3O4P.V/c;1-5(2,3)4;/h;(H3,1,2,3,4);/q+3;;/p-3. The fourth-order valence-electron chi connectivity index (χ4n) is 0. The van der Waals surface area contributed by atoms with Gasteiger partial charge in [0.05, 0.1) is 0 Å². The maximum atomic E-state index is 8.55. The minimum atomic E-state index is -5.39. The van der Waals surface area contributed by atoms with Crippen LogP contribution >= 0.6 is 7.82 Å². The Balaban J connectivity index is -0.0000000800. The zero-order chi connectivity index (χ0) is 4.50. The molecule has 0 atom stereocenters. The third kappa shape index (κ3) is 131. The van der Waals surface area contributed by atoms with Gasteiger partial charge in [0.1, 0.15) is 0 Å². The summed E-state index contributed by atoms with van der Waals surface area (Å²) in [6, 6.07) is 0. The molecule has 0 fully saturated rings. The van der Waals surface area contributed by atoms with Gasteiger partial charge in [-0.1, -0.05) is 0 Å². The van der Waals surface area contributed by atoms with Crippen LogP contribution in [0.25, 0.3) is 0 Å². The summed E-state index contributed by atoms with van der Waals surface area (Å²) in [7, 11) is -5.39. The number of hydrogen-bond donors (Lipinski definition) is 0. The Hall–Kier alpha value is 1.23. The van der Waals surface area contributed by atoms with E-state index in [1.165, 1.54) is 0 Å². The summed E-state index contributed by atoms with van der Waals surface area (Å²) in [6.45, 7) is 0. The summed E-state index contributed by atoms with van der Waals surface area (Å²) in [5.41, 5.74) is 0. The van der Waals surface area contributed by atoms with E-state index < -0.39 is 7.82 Å². The van der Waals surface area contributed by atoms with E-state index in [4.69, 9.17) is 19.2 Å². The molecule has 0 unspecified atom stereocenters. The van der Waals surface area contributed by atoms with E-state index >= 15 is 0 Å². The van der Waals surface area contributed by atoms with E-state index in [1.54, 1.807) is 0 Å². The second-order valence-corrected chi connectivity index (χ2v) is 1.34. The molecule has 0 spiro atoms. The molecule has 0 rings (SSSR count). The minimum Gasteiger partial charge on any atom is -0.822 e. The number of rotatable bonds is 0. The van der Waals surface area contributed by atoms with Gasteiger partial charge in [-0.2, -0.15) is 7.82 Å². The molecule has 1 radical (unpaired) electrons. The van der Waals surface area contributed by atoms with Gasteiger partial charge in [-0.05, 0) is 0 Å². The maximum absolute atomic E-state index is 8.55. The Labute approximate surface area is 63.2 Å². The van der Waals surface area contributed by atoms with Gasteiger partial charge in [0, 0.05) is 18.6 Å². The van der Waals surface area contributed by atoms with Crippen LogP contribution in [0.15, 0.2) is 0 Å². The van der Waals surface area contributed by atoms with Gasteiger partial charge in [0.25, 0.3) is 0 Å². The van der Waals surface area contributed by atoms with Crippen molar-refractivity contribution in [2.24, 2.45) is 0 Å². The van der Waals surface area contributed by atoms with Crippen molar-refractivity contribution >= 4 is 25.2 Å². The molecule has 0 saturated carbocycles. The Morgan fingerprint density at radius 2 is 1.14 bits per heavy atom. The van der Waals surface area contributed by atoms with E-state index in [0.29, 0.717) is 0 Å². The van der Waals surface area contributed by atoms with Crippen LogP contribution in [0, 0.1) is 0 Å². The topological polar surface area (TPSA) is 86.2 Å². The monoisotopic (exact) mass is 173 g/mol. The largest absolute Gasteiger partial charge is 3.00 e. The number of phosphoric acid groups is 1. The van der Waals surface area contributed by atoms with Gasteiger partial charge in [-0.15, -0.1) is 0 Å². The average molecular weight is 173 g/mol. The number of hydrogen-bond acceptors (Lipinski definition) is 4. The van der Waals surface area contributed by atoms with Crippen molar-refractivity contribution in [3.8, 4) is 0 Å². The van der Waals surface area contributed by atoms with Crippen LogP contribution in [-0.2, 0) is 23.1 Å². The summed E-state index contributed by atoms with van der Waals surface area (Å²) in [6.07, 6.45) is 0. The van der Waals surface area contributed by atoms with Crippen molar-refractivity contribution in [1.82, 2.24) is 0 Å². The molecule has 0 N–H and O–H groups in total. The fourth-order valence-corrected chi connectivity index (χ4v) is 0. The molecule has 0 aromatic carbocycles. The molecule has 0 aromatic heterocycles. The summed E-state index contributed by atoms with van der Waals surface area (Å²) in [5.74, 6) is 0. The smallest absolute Gasteiger partial charge is 0.822 e. The Morgan fingerprint density at radius 3 is 1.14 bits per heavy atom. The van der Waals surface area contributed by atoms with Gasteiger partial charge in [0.15, 0.2) is 0 Å². The predicted molar refractivity (Wildman–Crippen MR) is 13.4 cm³/mol. The van der Waals surface area contributed by atoms with Gasteiger partial charge < -0.3 is 19.2 Å².